The van der Waals surface area contributed by atoms with Gasteiger partial charge in [-0.05, 0) is 35.7 Å². The number of rotatable bonds is 4. The Bertz CT molecular complexity index is 577. The third-order valence-electron chi connectivity index (χ3n) is 2.92. The fourth-order valence-electron chi connectivity index (χ4n) is 1.93. The lowest BCUT2D eigenvalue weighted by atomic mass is 9.99. The third-order valence-corrected chi connectivity index (χ3v) is 4.02. The molecular formula is C14H13BrClFN2. The van der Waals surface area contributed by atoms with Crippen LogP contribution in [0, 0.1) is 5.82 Å². The van der Waals surface area contributed by atoms with Crippen LogP contribution in [0.1, 0.15) is 17.2 Å². The number of halogens is 3. The van der Waals surface area contributed by atoms with Gasteiger partial charge in [0.15, 0.2) is 0 Å². The number of nitrogens with two attached hydrogens (primary N) is 1. The second kappa shape index (κ2) is 6.48. The highest BCUT2D eigenvalue weighted by Gasteiger charge is 2.15. The fourth-order valence-corrected chi connectivity index (χ4v) is 2.67. The molecule has 100 valence electrons. The zero-order chi connectivity index (χ0) is 13.8. The third kappa shape index (κ3) is 3.54. The van der Waals surface area contributed by atoms with E-state index in [0.29, 0.717) is 11.4 Å². The Morgan fingerprint density at radius 2 is 2.00 bits per heavy atom. The number of hydrogen-bond acceptors (Lipinski definition) is 2. The highest BCUT2D eigenvalue weighted by atomic mass is 79.9. The van der Waals surface area contributed by atoms with Crippen LogP contribution in [0.2, 0.25) is 5.02 Å². The van der Waals surface area contributed by atoms with Crippen LogP contribution in [-0.4, -0.2) is 0 Å². The van der Waals surface area contributed by atoms with Crippen LogP contribution in [0.4, 0.5) is 4.39 Å². The van der Waals surface area contributed by atoms with Crippen molar-refractivity contribution < 1.29 is 4.39 Å². The first-order valence-corrected chi connectivity index (χ1v) is 6.93. The average Bonchev–Trinajstić information content (AvgIpc) is 2.39. The van der Waals surface area contributed by atoms with Crippen LogP contribution < -0.4 is 11.3 Å². The summed E-state index contributed by atoms with van der Waals surface area (Å²) in [6.45, 7) is 0. The van der Waals surface area contributed by atoms with Crippen LogP contribution in [-0.2, 0) is 6.42 Å². The van der Waals surface area contributed by atoms with Gasteiger partial charge in [-0.25, -0.2) is 4.39 Å². The molecule has 2 nitrogen and oxygen atoms in total. The smallest absolute Gasteiger partial charge is 0.124 e. The standard InChI is InChI=1S/C14H13BrClFN2/c15-12-4-2-1-3-9(12)7-14(19-18)11-6-5-10(17)8-13(11)16/h1-6,8,14,19H,7,18H2. The maximum Gasteiger partial charge on any atom is 0.124 e. The molecule has 2 aromatic carbocycles. The monoisotopic (exact) mass is 342 g/mol. The molecule has 2 rings (SSSR count). The van der Waals surface area contributed by atoms with Crippen molar-refractivity contribution in [3.05, 3.63) is 68.9 Å². The number of benzene rings is 2. The molecule has 5 heteroatoms. The number of nitrogens with one attached hydrogen (secondary N) is 1. The molecular weight excluding hydrogens is 331 g/mol. The Balaban J connectivity index is 2.28. The molecule has 0 spiro atoms. The molecule has 0 radical (unpaired) electrons. The second-order valence-corrected chi connectivity index (χ2v) is 5.44. The van der Waals surface area contributed by atoms with Gasteiger partial charge in [0, 0.05) is 9.50 Å². The number of hydrogen-bond donors (Lipinski definition) is 2. The van der Waals surface area contributed by atoms with E-state index < -0.39 is 0 Å². The zero-order valence-electron chi connectivity index (χ0n) is 10.0. The van der Waals surface area contributed by atoms with Gasteiger partial charge in [0.25, 0.3) is 0 Å². The Labute approximate surface area is 124 Å². The van der Waals surface area contributed by atoms with Gasteiger partial charge in [0.1, 0.15) is 5.82 Å². The summed E-state index contributed by atoms with van der Waals surface area (Å²) in [5.41, 5.74) is 4.61. The molecule has 1 unspecified atom stereocenters. The first kappa shape index (κ1) is 14.5. The largest absolute Gasteiger partial charge is 0.271 e. The van der Waals surface area contributed by atoms with E-state index in [0.717, 1.165) is 15.6 Å². The van der Waals surface area contributed by atoms with Crippen LogP contribution in [0.15, 0.2) is 46.9 Å². The van der Waals surface area contributed by atoms with Gasteiger partial charge in [0.2, 0.25) is 0 Å². The molecule has 0 saturated carbocycles. The summed E-state index contributed by atoms with van der Waals surface area (Å²) in [7, 11) is 0. The van der Waals surface area contributed by atoms with Gasteiger partial charge in [-0.3, -0.25) is 11.3 Å². The topological polar surface area (TPSA) is 38.0 Å². The molecule has 2 aromatic rings. The minimum Gasteiger partial charge on any atom is -0.271 e. The van der Waals surface area contributed by atoms with Crippen molar-refractivity contribution in [3.8, 4) is 0 Å². The van der Waals surface area contributed by atoms with Gasteiger partial charge in [0.05, 0.1) is 6.04 Å². The summed E-state index contributed by atoms with van der Waals surface area (Å²) in [4.78, 5) is 0. The van der Waals surface area contributed by atoms with E-state index in [-0.39, 0.29) is 11.9 Å². The molecule has 19 heavy (non-hydrogen) atoms. The Hall–Kier alpha value is -0.940. The van der Waals surface area contributed by atoms with E-state index in [1.165, 1.54) is 12.1 Å². The minimum atomic E-state index is -0.356. The van der Waals surface area contributed by atoms with Crippen molar-refractivity contribution in [2.45, 2.75) is 12.5 Å². The van der Waals surface area contributed by atoms with Gasteiger partial charge >= 0.3 is 0 Å². The highest BCUT2D eigenvalue weighted by Crippen LogP contribution is 2.28. The molecule has 0 amide bonds. The fraction of sp³-hybridized carbons (Fsp3) is 0.143. The summed E-state index contributed by atoms with van der Waals surface area (Å²) in [6.07, 6.45) is 0.656. The van der Waals surface area contributed by atoms with Crippen LogP contribution in [0.25, 0.3) is 0 Å². The molecule has 0 aliphatic rings. The van der Waals surface area contributed by atoms with Gasteiger partial charge in [-0.15, -0.1) is 0 Å². The van der Waals surface area contributed by atoms with E-state index in [1.807, 2.05) is 24.3 Å². The molecule has 0 fully saturated rings. The lowest BCUT2D eigenvalue weighted by molar-refractivity contribution is 0.548. The van der Waals surface area contributed by atoms with Crippen molar-refractivity contribution in [1.82, 2.24) is 5.43 Å². The first-order chi connectivity index (χ1) is 9.11. The first-order valence-electron chi connectivity index (χ1n) is 5.76. The van der Waals surface area contributed by atoms with Gasteiger partial charge in [-0.2, -0.15) is 0 Å². The van der Waals surface area contributed by atoms with E-state index in [2.05, 4.69) is 21.4 Å². The minimum absolute atomic E-state index is 0.174. The van der Waals surface area contributed by atoms with Crippen molar-refractivity contribution in [3.63, 3.8) is 0 Å². The predicted molar refractivity (Wildman–Crippen MR) is 79.3 cm³/mol. The highest BCUT2D eigenvalue weighted by molar-refractivity contribution is 9.10. The van der Waals surface area contributed by atoms with Crippen molar-refractivity contribution in [2.75, 3.05) is 0 Å². The van der Waals surface area contributed by atoms with Crippen LogP contribution in [0.5, 0.6) is 0 Å². The summed E-state index contributed by atoms with van der Waals surface area (Å²) < 4.78 is 14.1. The Morgan fingerprint density at radius 3 is 2.63 bits per heavy atom. The molecule has 0 aliphatic carbocycles. The van der Waals surface area contributed by atoms with E-state index in [9.17, 15) is 4.39 Å². The maximum atomic E-state index is 13.1. The number of hydrazine groups is 1. The molecule has 0 aliphatic heterocycles. The summed E-state index contributed by atoms with van der Waals surface area (Å²) in [5, 5.41) is 0.370. The van der Waals surface area contributed by atoms with Gasteiger partial charge in [-0.1, -0.05) is 51.8 Å². The Morgan fingerprint density at radius 1 is 1.26 bits per heavy atom. The van der Waals surface area contributed by atoms with E-state index in [1.54, 1.807) is 6.07 Å². The van der Waals surface area contributed by atoms with Crippen molar-refractivity contribution in [1.29, 1.82) is 0 Å². The molecule has 0 aromatic heterocycles. The molecule has 0 heterocycles. The maximum absolute atomic E-state index is 13.1. The normalized spacial score (nSPS) is 12.4. The van der Waals surface area contributed by atoms with Gasteiger partial charge < -0.3 is 0 Å². The van der Waals surface area contributed by atoms with Crippen LogP contribution >= 0.6 is 27.5 Å². The quantitative estimate of drug-likeness (QED) is 0.651. The molecule has 0 bridgehead atoms. The zero-order valence-corrected chi connectivity index (χ0v) is 12.4. The summed E-state index contributed by atoms with van der Waals surface area (Å²) in [6, 6.07) is 12.0. The predicted octanol–water partition coefficient (Wildman–Crippen LogP) is 3.99. The lowest BCUT2D eigenvalue weighted by Gasteiger charge is -2.18. The summed E-state index contributed by atoms with van der Waals surface area (Å²) in [5.74, 6) is 5.24. The van der Waals surface area contributed by atoms with E-state index in [4.69, 9.17) is 17.4 Å². The van der Waals surface area contributed by atoms with E-state index >= 15 is 0 Å². The molecule has 0 saturated heterocycles. The Kier molecular flexibility index (Phi) is 4.93. The van der Waals surface area contributed by atoms with Crippen molar-refractivity contribution >= 4 is 27.5 Å². The van der Waals surface area contributed by atoms with Crippen molar-refractivity contribution in [2.24, 2.45) is 5.84 Å². The summed E-state index contributed by atoms with van der Waals surface area (Å²) >= 11 is 9.56. The second-order valence-electron chi connectivity index (χ2n) is 4.18. The lowest BCUT2D eigenvalue weighted by Crippen LogP contribution is -2.30. The average molecular weight is 344 g/mol. The van der Waals surface area contributed by atoms with Crippen LogP contribution in [0.3, 0.4) is 0 Å². The molecule has 3 N–H and O–H groups in total. The SMILES string of the molecule is NNC(Cc1ccccc1Br)c1ccc(F)cc1Cl. The molecule has 1 atom stereocenters.